The molecule has 1 aromatic heterocycles. The molecule has 2 fully saturated rings. The number of nitrogens with zero attached hydrogens (tertiary/aromatic N) is 3. The van der Waals surface area contributed by atoms with Crippen LogP contribution in [-0.2, 0) is 4.74 Å². The van der Waals surface area contributed by atoms with Gasteiger partial charge in [0, 0.05) is 44.6 Å². The highest BCUT2D eigenvalue weighted by atomic mass is 16.5. The third kappa shape index (κ3) is 7.11. The summed E-state index contributed by atoms with van der Waals surface area (Å²) in [5.74, 6) is 2.72. The topological polar surface area (TPSA) is 79.4 Å². The fourth-order valence-corrected chi connectivity index (χ4v) is 4.45. The molecule has 0 radical (unpaired) electrons. The Labute approximate surface area is 231 Å². The van der Waals surface area contributed by atoms with Crippen molar-refractivity contribution >= 4 is 23.2 Å². The van der Waals surface area contributed by atoms with Gasteiger partial charge < -0.3 is 20.3 Å². The highest BCUT2D eigenvalue weighted by Crippen LogP contribution is 2.38. The van der Waals surface area contributed by atoms with E-state index in [9.17, 15) is 4.79 Å². The maximum Gasteiger partial charge on any atom is 0.252 e. The lowest BCUT2D eigenvalue weighted by atomic mass is 9.84. The molecule has 0 bridgehead atoms. The Morgan fingerprint density at radius 1 is 1.05 bits per heavy atom. The standard InChI is InChI=1S/C27H27N5O2.C2H6.2CH4.2H2/c1-2-15-28-25(33)21-5-3-20(4-6-21)24-11-16-29-26(31-24)30-22-7-9-23(10-8-22)32-17-12-27(13-18-32)14-19-34-27;1-2;;;;/h1,3-11,16H,12-15,17-19H2,(H,28,33)(H,29,30,31);1-2H3;2*1H4;2*1H. The number of carbonyl (C=O) groups is 1. The zero-order chi connectivity index (χ0) is 25.4. The van der Waals surface area contributed by atoms with Gasteiger partial charge in [0.1, 0.15) is 0 Å². The first kappa shape index (κ1) is 30.3. The third-order valence-electron chi connectivity index (χ3n) is 6.58. The van der Waals surface area contributed by atoms with Gasteiger partial charge in [0.25, 0.3) is 5.91 Å². The molecule has 2 aromatic carbocycles. The maximum absolute atomic E-state index is 12.0. The number of ether oxygens (including phenoxy) is 1. The van der Waals surface area contributed by atoms with Gasteiger partial charge in [0.15, 0.2) is 0 Å². The summed E-state index contributed by atoms with van der Waals surface area (Å²) < 4.78 is 5.83. The van der Waals surface area contributed by atoms with Gasteiger partial charge in [0.05, 0.1) is 24.4 Å². The van der Waals surface area contributed by atoms with Crippen molar-refractivity contribution in [3.8, 4) is 23.6 Å². The Kier molecular flexibility index (Phi) is 11.3. The summed E-state index contributed by atoms with van der Waals surface area (Å²) >= 11 is 0. The van der Waals surface area contributed by atoms with Crippen LogP contribution in [0, 0.1) is 12.3 Å². The molecule has 3 aromatic rings. The first-order chi connectivity index (χ1) is 17.6. The normalized spacial score (nSPS) is 14.8. The second-order valence-corrected chi connectivity index (χ2v) is 8.67. The van der Waals surface area contributed by atoms with E-state index in [-0.39, 0.29) is 35.8 Å². The van der Waals surface area contributed by atoms with Gasteiger partial charge in [-0.1, -0.05) is 46.8 Å². The molecule has 0 aliphatic carbocycles. The van der Waals surface area contributed by atoms with E-state index in [1.165, 1.54) is 12.1 Å². The van der Waals surface area contributed by atoms with Gasteiger partial charge in [-0.3, -0.25) is 4.79 Å². The van der Waals surface area contributed by atoms with Crippen molar-refractivity contribution in [1.82, 2.24) is 15.3 Å². The van der Waals surface area contributed by atoms with E-state index in [2.05, 4.69) is 55.7 Å². The molecule has 1 amide bonds. The van der Waals surface area contributed by atoms with Gasteiger partial charge >= 0.3 is 0 Å². The second-order valence-electron chi connectivity index (χ2n) is 8.67. The number of anilines is 3. The number of terminal acetylenes is 1. The van der Waals surface area contributed by atoms with Crippen LogP contribution in [0.25, 0.3) is 11.3 Å². The number of piperidine rings is 1. The fourth-order valence-electron chi connectivity index (χ4n) is 4.45. The number of rotatable bonds is 6. The van der Waals surface area contributed by atoms with Crippen LogP contribution in [0.4, 0.5) is 17.3 Å². The number of carbonyl (C=O) groups excluding carboxylic acids is 1. The lowest BCUT2D eigenvalue weighted by molar-refractivity contribution is -0.158. The van der Waals surface area contributed by atoms with Gasteiger partial charge in [-0.05, 0) is 61.7 Å². The molecule has 0 atom stereocenters. The zero-order valence-electron chi connectivity index (χ0n) is 21.0. The van der Waals surface area contributed by atoms with Crippen molar-refractivity contribution < 1.29 is 12.4 Å². The van der Waals surface area contributed by atoms with E-state index in [0.717, 1.165) is 49.5 Å². The quantitative estimate of drug-likeness (QED) is 0.349. The molecule has 2 saturated heterocycles. The predicted molar refractivity (Wildman–Crippen MR) is 162 cm³/mol. The van der Waals surface area contributed by atoms with Crippen molar-refractivity contribution in [3.63, 3.8) is 0 Å². The Balaban J connectivity index is 0.00000248. The SMILES string of the molecule is C.C.C#CCNC(=O)c1ccc(-c2ccnc(Nc3ccc(N4CCC5(CCO5)CC4)cc3)n2)cc1.CC.[HH].[HH]. The van der Waals surface area contributed by atoms with E-state index in [4.69, 9.17) is 11.2 Å². The molecule has 5 rings (SSSR count). The van der Waals surface area contributed by atoms with Crippen molar-refractivity contribution in [2.45, 2.75) is 53.6 Å². The van der Waals surface area contributed by atoms with E-state index >= 15 is 0 Å². The summed E-state index contributed by atoms with van der Waals surface area (Å²) in [5, 5.41) is 5.94. The summed E-state index contributed by atoms with van der Waals surface area (Å²) in [5.41, 5.74) is 4.53. The van der Waals surface area contributed by atoms with Crippen LogP contribution in [0.2, 0.25) is 0 Å². The van der Waals surface area contributed by atoms with Crippen LogP contribution in [0.3, 0.4) is 0 Å². The van der Waals surface area contributed by atoms with E-state index in [1.807, 2.05) is 32.0 Å². The van der Waals surface area contributed by atoms with E-state index < -0.39 is 0 Å². The molecule has 3 heterocycles. The van der Waals surface area contributed by atoms with Crippen LogP contribution in [-0.4, -0.2) is 47.7 Å². The molecule has 38 heavy (non-hydrogen) atoms. The predicted octanol–water partition coefficient (Wildman–Crippen LogP) is 6.80. The van der Waals surface area contributed by atoms with Gasteiger partial charge in [-0.2, -0.15) is 0 Å². The first-order valence-electron chi connectivity index (χ1n) is 12.6. The first-order valence-corrected chi connectivity index (χ1v) is 12.6. The molecule has 2 aliphatic heterocycles. The summed E-state index contributed by atoms with van der Waals surface area (Å²) in [4.78, 5) is 23.4. The van der Waals surface area contributed by atoms with Crippen molar-refractivity contribution in [3.05, 3.63) is 66.4 Å². The third-order valence-corrected chi connectivity index (χ3v) is 6.58. The van der Waals surface area contributed by atoms with Crippen LogP contribution in [0.1, 0.15) is 61.2 Å². The summed E-state index contributed by atoms with van der Waals surface area (Å²) in [6.07, 6.45) is 10.3. The Morgan fingerprint density at radius 2 is 1.71 bits per heavy atom. The fraction of sp³-hybridized carbons (Fsp3) is 0.387. The smallest absolute Gasteiger partial charge is 0.252 e. The van der Waals surface area contributed by atoms with Crippen LogP contribution in [0.15, 0.2) is 60.8 Å². The van der Waals surface area contributed by atoms with Gasteiger partial charge in [0.2, 0.25) is 5.95 Å². The molecule has 0 unspecified atom stereocenters. The molecule has 7 nitrogen and oxygen atoms in total. The zero-order valence-corrected chi connectivity index (χ0v) is 21.0. The number of hydrogen-bond acceptors (Lipinski definition) is 6. The van der Waals surface area contributed by atoms with Crippen molar-refractivity contribution in [2.75, 3.05) is 36.5 Å². The molecular weight excluding hydrogens is 474 g/mol. The average Bonchev–Trinajstić information content (AvgIpc) is 2.93. The lowest BCUT2D eigenvalue weighted by Crippen LogP contribution is -2.52. The highest BCUT2D eigenvalue weighted by molar-refractivity contribution is 5.94. The maximum atomic E-state index is 12.0. The minimum atomic E-state index is -0.196. The van der Waals surface area contributed by atoms with Crippen molar-refractivity contribution in [2.24, 2.45) is 0 Å². The second kappa shape index (κ2) is 14.2. The number of hydrogen-bond donors (Lipinski definition) is 2. The number of nitrogens with one attached hydrogen (secondary N) is 2. The van der Waals surface area contributed by atoms with Gasteiger partial charge in [-0.25, -0.2) is 9.97 Å². The molecule has 2 aliphatic rings. The molecule has 2 N–H and O–H groups in total. The largest absolute Gasteiger partial charge is 0.375 e. The van der Waals surface area contributed by atoms with Crippen molar-refractivity contribution in [1.29, 1.82) is 0 Å². The summed E-state index contributed by atoms with van der Waals surface area (Å²) in [7, 11) is 0. The van der Waals surface area contributed by atoms with E-state index in [1.54, 1.807) is 18.3 Å². The monoisotopic (exact) mass is 519 g/mol. The number of amides is 1. The minimum Gasteiger partial charge on any atom is -0.375 e. The molecule has 7 heteroatoms. The van der Waals surface area contributed by atoms with Crippen LogP contribution >= 0.6 is 0 Å². The molecule has 0 saturated carbocycles. The molecule has 206 valence electrons. The summed E-state index contributed by atoms with van der Waals surface area (Å²) in [6.45, 7) is 7.18. The minimum absolute atomic E-state index is 0. The Hall–Kier alpha value is -3.89. The average molecular weight is 520 g/mol. The van der Waals surface area contributed by atoms with E-state index in [0.29, 0.717) is 11.5 Å². The molecule has 1 spiro atoms. The lowest BCUT2D eigenvalue weighted by Gasteiger charge is -2.48. The highest BCUT2D eigenvalue weighted by Gasteiger charge is 2.41. The number of benzene rings is 2. The summed E-state index contributed by atoms with van der Waals surface area (Å²) in [6, 6.07) is 17.5. The Bertz CT molecular complexity index is 1200. The Morgan fingerprint density at radius 3 is 2.29 bits per heavy atom. The number of aromatic nitrogens is 2. The van der Waals surface area contributed by atoms with Gasteiger partial charge in [-0.15, -0.1) is 6.42 Å². The molecular formula is C31H45N5O2. The van der Waals surface area contributed by atoms with Crippen LogP contribution in [0.5, 0.6) is 0 Å². The van der Waals surface area contributed by atoms with Crippen LogP contribution < -0.4 is 15.5 Å².